The molecule has 0 amide bonds. The Labute approximate surface area is 157 Å². The molecule has 1 aliphatic rings. The molecule has 1 saturated heterocycles. The summed E-state index contributed by atoms with van der Waals surface area (Å²) in [4.78, 5) is 8.53. The number of hydrogen-bond acceptors (Lipinski definition) is 7. The van der Waals surface area contributed by atoms with E-state index in [0.717, 1.165) is 19.3 Å². The number of hydrogen-bond donors (Lipinski definition) is 2. The van der Waals surface area contributed by atoms with Gasteiger partial charge in [0.25, 0.3) is 0 Å². The number of anilines is 1. The Balaban J connectivity index is 1.68. The summed E-state index contributed by atoms with van der Waals surface area (Å²) in [5.41, 5.74) is 0.827. The lowest BCUT2D eigenvalue weighted by Crippen LogP contribution is -2.20. The number of nitrogens with one attached hydrogen (secondary N) is 2. The first-order chi connectivity index (χ1) is 13.5. The van der Waals surface area contributed by atoms with Crippen molar-refractivity contribution >= 4 is 11.6 Å². The third-order valence-corrected chi connectivity index (χ3v) is 4.28. The van der Waals surface area contributed by atoms with E-state index in [4.69, 9.17) is 9.47 Å². The summed E-state index contributed by atoms with van der Waals surface area (Å²) < 4.78 is 50.0. The highest BCUT2D eigenvalue weighted by Gasteiger charge is 2.30. The number of nitrogens with zero attached hydrogens (tertiary/aromatic N) is 5. The molecule has 4 rings (SSSR count). The normalized spacial score (nSPS) is 18.2. The molecule has 150 valence electrons. The Bertz CT molecular complexity index is 918. The molecule has 9 nitrogen and oxygen atoms in total. The molecule has 0 aromatic carbocycles. The first-order valence-electron chi connectivity index (χ1n) is 8.78. The second kappa shape index (κ2) is 7.62. The van der Waals surface area contributed by atoms with E-state index in [1.165, 1.54) is 23.2 Å². The minimum absolute atomic E-state index is 0.106. The molecular weight excluding hydrogens is 379 g/mol. The molecule has 12 heteroatoms. The summed E-state index contributed by atoms with van der Waals surface area (Å²) in [6, 6.07) is 0.126. The van der Waals surface area contributed by atoms with Gasteiger partial charge in [-0.25, -0.2) is 4.98 Å². The van der Waals surface area contributed by atoms with E-state index in [-0.39, 0.29) is 23.1 Å². The lowest BCUT2D eigenvalue weighted by atomic mass is 10.1. The highest BCUT2D eigenvalue weighted by atomic mass is 19.4. The first-order valence-corrected chi connectivity index (χ1v) is 8.78. The van der Waals surface area contributed by atoms with Crippen molar-refractivity contribution in [2.75, 3.05) is 25.1 Å². The molecule has 4 heterocycles. The van der Waals surface area contributed by atoms with Gasteiger partial charge in [-0.05, 0) is 19.3 Å². The van der Waals surface area contributed by atoms with Gasteiger partial charge in [0.2, 0.25) is 11.6 Å². The molecule has 1 fully saturated rings. The Morgan fingerprint density at radius 2 is 2.21 bits per heavy atom. The van der Waals surface area contributed by atoms with Gasteiger partial charge in [0, 0.05) is 31.0 Å². The third-order valence-electron chi connectivity index (χ3n) is 4.28. The van der Waals surface area contributed by atoms with Crippen LogP contribution in [0.5, 0.6) is 5.75 Å². The number of alkyl halides is 3. The average Bonchev–Trinajstić information content (AvgIpc) is 3.24. The van der Waals surface area contributed by atoms with Crippen LogP contribution in [0.15, 0.2) is 18.7 Å². The summed E-state index contributed by atoms with van der Waals surface area (Å²) in [7, 11) is 0. The van der Waals surface area contributed by atoms with E-state index in [0.29, 0.717) is 24.7 Å². The quantitative estimate of drug-likeness (QED) is 0.682. The fourth-order valence-corrected chi connectivity index (χ4v) is 3.00. The highest BCUT2D eigenvalue weighted by Crippen LogP contribution is 2.32. The van der Waals surface area contributed by atoms with Gasteiger partial charge in [-0.15, -0.1) is 5.10 Å². The third kappa shape index (κ3) is 4.16. The molecule has 0 radical (unpaired) electrons. The average molecular weight is 397 g/mol. The van der Waals surface area contributed by atoms with E-state index in [1.54, 1.807) is 0 Å². The summed E-state index contributed by atoms with van der Waals surface area (Å²) in [5.74, 6) is 0.195. The predicted molar refractivity (Wildman–Crippen MR) is 92.0 cm³/mol. The van der Waals surface area contributed by atoms with Gasteiger partial charge in [-0.2, -0.15) is 27.8 Å². The number of halogens is 3. The van der Waals surface area contributed by atoms with Crippen LogP contribution in [0.25, 0.3) is 16.9 Å². The van der Waals surface area contributed by atoms with Crippen LogP contribution in [-0.2, 0) is 4.74 Å². The molecule has 1 unspecified atom stereocenters. The number of rotatable bonds is 5. The molecule has 3 aromatic rings. The van der Waals surface area contributed by atoms with Crippen molar-refractivity contribution in [2.24, 2.45) is 0 Å². The first kappa shape index (κ1) is 18.5. The molecule has 2 N–H and O–H groups in total. The second-order valence-electron chi connectivity index (χ2n) is 6.40. The monoisotopic (exact) mass is 397 g/mol. The van der Waals surface area contributed by atoms with Gasteiger partial charge in [0.05, 0.1) is 6.20 Å². The number of fused-ring (bicyclic) bond motifs is 1. The van der Waals surface area contributed by atoms with Gasteiger partial charge in [-0.3, -0.25) is 5.10 Å². The Morgan fingerprint density at radius 1 is 1.32 bits per heavy atom. The van der Waals surface area contributed by atoms with Crippen molar-refractivity contribution in [3.63, 3.8) is 0 Å². The fourth-order valence-electron chi connectivity index (χ4n) is 3.00. The van der Waals surface area contributed by atoms with E-state index in [2.05, 4.69) is 30.6 Å². The minimum atomic E-state index is -4.50. The van der Waals surface area contributed by atoms with Crippen LogP contribution >= 0.6 is 0 Å². The van der Waals surface area contributed by atoms with Crippen molar-refractivity contribution in [3.8, 4) is 17.0 Å². The molecule has 28 heavy (non-hydrogen) atoms. The molecule has 0 aliphatic carbocycles. The van der Waals surface area contributed by atoms with Crippen molar-refractivity contribution in [1.82, 2.24) is 29.8 Å². The zero-order valence-corrected chi connectivity index (χ0v) is 14.7. The van der Waals surface area contributed by atoms with Crippen molar-refractivity contribution in [1.29, 1.82) is 0 Å². The number of aromatic nitrogens is 6. The van der Waals surface area contributed by atoms with Crippen LogP contribution in [-0.4, -0.2) is 61.8 Å². The molecule has 1 aliphatic heterocycles. The largest absolute Gasteiger partial charge is 0.478 e. The van der Waals surface area contributed by atoms with E-state index >= 15 is 0 Å². The maximum Gasteiger partial charge on any atom is 0.422 e. The van der Waals surface area contributed by atoms with E-state index < -0.39 is 12.8 Å². The maximum absolute atomic E-state index is 12.7. The van der Waals surface area contributed by atoms with Gasteiger partial charge < -0.3 is 14.8 Å². The summed E-state index contributed by atoms with van der Waals surface area (Å²) in [6.45, 7) is -0.115. The molecule has 3 aromatic heterocycles. The molecule has 0 saturated carbocycles. The molecule has 0 bridgehead atoms. The van der Waals surface area contributed by atoms with Crippen molar-refractivity contribution in [2.45, 2.75) is 31.5 Å². The highest BCUT2D eigenvalue weighted by molar-refractivity contribution is 5.73. The van der Waals surface area contributed by atoms with Crippen LogP contribution in [0, 0.1) is 0 Å². The Kier molecular flexibility index (Phi) is 5.03. The number of H-pyrrole nitrogens is 1. The zero-order chi connectivity index (χ0) is 19.6. The lowest BCUT2D eigenvalue weighted by molar-refractivity contribution is -0.153. The van der Waals surface area contributed by atoms with Crippen LogP contribution < -0.4 is 10.1 Å². The van der Waals surface area contributed by atoms with Gasteiger partial charge in [0.1, 0.15) is 12.0 Å². The predicted octanol–water partition coefficient (Wildman–Crippen LogP) is 2.44. The summed E-state index contributed by atoms with van der Waals surface area (Å²) >= 11 is 0. The maximum atomic E-state index is 12.7. The second-order valence-corrected chi connectivity index (χ2v) is 6.40. The van der Waals surface area contributed by atoms with Crippen molar-refractivity contribution in [3.05, 3.63) is 18.7 Å². The smallest absolute Gasteiger partial charge is 0.422 e. The standard InChI is InChI=1S/C16H18F3N7O2/c17-16(18,19)8-28-13-12(10-6-21-22-7-10)20-9-26-14(13)24-15(25-26)23-11-2-1-4-27-5-3-11/h6-7,9,11H,1-5,8H2,(H,21,22)(H,23,25). The minimum Gasteiger partial charge on any atom is -0.478 e. The van der Waals surface area contributed by atoms with Crippen LogP contribution in [0.4, 0.5) is 19.1 Å². The van der Waals surface area contributed by atoms with Crippen LogP contribution in [0.3, 0.4) is 0 Å². The van der Waals surface area contributed by atoms with Gasteiger partial charge >= 0.3 is 6.18 Å². The van der Waals surface area contributed by atoms with Crippen LogP contribution in [0.2, 0.25) is 0 Å². The zero-order valence-electron chi connectivity index (χ0n) is 14.7. The van der Waals surface area contributed by atoms with Gasteiger partial charge in [-0.1, -0.05) is 0 Å². The summed E-state index contributed by atoms with van der Waals surface area (Å²) in [6.07, 6.45) is 2.45. The van der Waals surface area contributed by atoms with Crippen LogP contribution in [0.1, 0.15) is 19.3 Å². The fraction of sp³-hybridized carbons (Fsp3) is 0.500. The van der Waals surface area contributed by atoms with Crippen molar-refractivity contribution < 1.29 is 22.6 Å². The topological polar surface area (TPSA) is 102 Å². The SMILES string of the molecule is FC(F)(F)COc1c(-c2cn[nH]c2)ncn2nc(NC3CCCOCC3)nc12. The van der Waals surface area contributed by atoms with E-state index in [9.17, 15) is 13.2 Å². The molecule has 1 atom stereocenters. The Hall–Kier alpha value is -2.89. The molecule has 0 spiro atoms. The number of aromatic amines is 1. The molecular formula is C16H18F3N7O2. The summed E-state index contributed by atoms with van der Waals surface area (Å²) in [5, 5.41) is 13.9. The van der Waals surface area contributed by atoms with Gasteiger partial charge in [0.15, 0.2) is 12.4 Å². The lowest BCUT2D eigenvalue weighted by Gasteiger charge is -2.13. The Morgan fingerprint density at radius 3 is 3.00 bits per heavy atom. The van der Waals surface area contributed by atoms with E-state index in [1.807, 2.05) is 0 Å². The number of ether oxygens (including phenoxy) is 2.